The molecular formula is C18H15N5O4S. The highest BCUT2D eigenvalue weighted by atomic mass is 32.2. The summed E-state index contributed by atoms with van der Waals surface area (Å²) in [7, 11) is -3.85. The zero-order valence-corrected chi connectivity index (χ0v) is 15.2. The average Bonchev–Trinajstić information content (AvgIpc) is 3.29. The van der Waals surface area contributed by atoms with Crippen LogP contribution in [0.1, 0.15) is 16.1 Å². The topological polar surface area (TPSA) is 130 Å². The van der Waals surface area contributed by atoms with Crippen LogP contribution >= 0.6 is 0 Å². The molecule has 2 heterocycles. The molecule has 0 spiro atoms. The number of fused-ring (bicyclic) bond motifs is 1. The highest BCUT2D eigenvalue weighted by molar-refractivity contribution is 7.92. The molecule has 2 aromatic heterocycles. The second kappa shape index (κ2) is 6.82. The Morgan fingerprint density at radius 2 is 1.96 bits per heavy atom. The molecule has 0 saturated carbocycles. The summed E-state index contributed by atoms with van der Waals surface area (Å²) >= 11 is 0. The number of sulfonamides is 1. The number of carboxylic acid groups (broad SMARTS) is 1. The lowest BCUT2D eigenvalue weighted by atomic mass is 10.2. The van der Waals surface area contributed by atoms with E-state index in [-0.39, 0.29) is 16.3 Å². The van der Waals surface area contributed by atoms with E-state index in [1.807, 2.05) is 30.3 Å². The second-order valence-electron chi connectivity index (χ2n) is 6.10. The summed E-state index contributed by atoms with van der Waals surface area (Å²) in [5.41, 5.74) is 1.58. The van der Waals surface area contributed by atoms with Crippen LogP contribution in [0.4, 0.5) is 5.69 Å². The van der Waals surface area contributed by atoms with Crippen molar-refractivity contribution in [3.8, 4) is 0 Å². The molecule has 28 heavy (non-hydrogen) atoms. The Bertz CT molecular complexity index is 1260. The van der Waals surface area contributed by atoms with E-state index in [1.165, 1.54) is 30.6 Å². The summed E-state index contributed by atoms with van der Waals surface area (Å²) in [4.78, 5) is 11.1. The van der Waals surface area contributed by atoms with Gasteiger partial charge in [0.1, 0.15) is 4.90 Å². The number of hydrogen-bond donors (Lipinski definition) is 3. The highest BCUT2D eigenvalue weighted by Crippen LogP contribution is 2.22. The molecule has 10 heteroatoms. The largest absolute Gasteiger partial charge is 0.476 e. The molecule has 9 nitrogen and oxygen atoms in total. The normalized spacial score (nSPS) is 11.6. The summed E-state index contributed by atoms with van der Waals surface area (Å²) in [6, 6.07) is 14.0. The van der Waals surface area contributed by atoms with Gasteiger partial charge in [-0.25, -0.2) is 13.2 Å². The van der Waals surface area contributed by atoms with Gasteiger partial charge in [0.25, 0.3) is 10.0 Å². The van der Waals surface area contributed by atoms with Crippen LogP contribution in [0.2, 0.25) is 0 Å². The standard InChI is InChI=1S/C18H15N5O4S/c24-18(25)17-15-7-6-13(8-16(15)20-21-17)22-28(26,27)14-9-19-23(11-14)10-12-4-2-1-3-5-12/h1-9,11,22H,10H2,(H,20,21)(H,24,25). The fourth-order valence-corrected chi connectivity index (χ4v) is 3.80. The maximum absolute atomic E-state index is 12.6. The molecule has 0 aliphatic carbocycles. The number of carbonyl (C=O) groups is 1. The van der Waals surface area contributed by atoms with Crippen LogP contribution in [-0.4, -0.2) is 39.5 Å². The lowest BCUT2D eigenvalue weighted by Crippen LogP contribution is -2.12. The first-order chi connectivity index (χ1) is 13.4. The van der Waals surface area contributed by atoms with E-state index in [0.717, 1.165) is 5.56 Å². The van der Waals surface area contributed by atoms with Crippen molar-refractivity contribution in [2.75, 3.05) is 4.72 Å². The van der Waals surface area contributed by atoms with E-state index in [4.69, 9.17) is 5.11 Å². The van der Waals surface area contributed by atoms with E-state index in [2.05, 4.69) is 20.0 Å². The van der Waals surface area contributed by atoms with Gasteiger partial charge in [0.15, 0.2) is 5.69 Å². The van der Waals surface area contributed by atoms with E-state index in [9.17, 15) is 13.2 Å². The van der Waals surface area contributed by atoms with Gasteiger partial charge in [-0.1, -0.05) is 30.3 Å². The Labute approximate surface area is 159 Å². The van der Waals surface area contributed by atoms with E-state index in [1.54, 1.807) is 4.68 Å². The maximum Gasteiger partial charge on any atom is 0.357 e. The summed E-state index contributed by atoms with van der Waals surface area (Å²) in [6.45, 7) is 0.453. The zero-order valence-electron chi connectivity index (χ0n) is 14.4. The van der Waals surface area contributed by atoms with Gasteiger partial charge in [-0.2, -0.15) is 10.2 Å². The molecule has 3 N–H and O–H groups in total. The predicted molar refractivity (Wildman–Crippen MR) is 102 cm³/mol. The van der Waals surface area contributed by atoms with Gasteiger partial charge in [0, 0.05) is 11.6 Å². The minimum absolute atomic E-state index is 0.0272. The smallest absolute Gasteiger partial charge is 0.357 e. The lowest BCUT2D eigenvalue weighted by Gasteiger charge is -2.06. The fraction of sp³-hybridized carbons (Fsp3) is 0.0556. The maximum atomic E-state index is 12.6. The molecule has 0 bridgehead atoms. The van der Waals surface area contributed by atoms with Crippen LogP contribution in [0, 0.1) is 0 Å². The molecule has 0 radical (unpaired) electrons. The minimum atomic E-state index is -3.85. The minimum Gasteiger partial charge on any atom is -0.476 e. The molecular weight excluding hydrogens is 382 g/mol. The molecule has 4 rings (SSSR count). The van der Waals surface area contributed by atoms with Crippen LogP contribution in [0.5, 0.6) is 0 Å². The Balaban J connectivity index is 1.56. The molecule has 0 saturated heterocycles. The number of benzene rings is 2. The van der Waals surface area contributed by atoms with Crippen molar-refractivity contribution in [1.82, 2.24) is 20.0 Å². The van der Waals surface area contributed by atoms with Crippen LogP contribution < -0.4 is 4.72 Å². The van der Waals surface area contributed by atoms with E-state index in [0.29, 0.717) is 17.4 Å². The third-order valence-electron chi connectivity index (χ3n) is 4.12. The number of anilines is 1. The number of nitrogens with zero attached hydrogens (tertiary/aromatic N) is 3. The summed E-state index contributed by atoms with van der Waals surface area (Å²) in [5.74, 6) is -1.16. The Morgan fingerprint density at radius 3 is 2.71 bits per heavy atom. The second-order valence-corrected chi connectivity index (χ2v) is 7.78. The first kappa shape index (κ1) is 17.7. The third kappa shape index (κ3) is 3.45. The van der Waals surface area contributed by atoms with Gasteiger partial charge in [-0.05, 0) is 23.8 Å². The molecule has 0 aliphatic heterocycles. The number of hydrogen-bond acceptors (Lipinski definition) is 5. The van der Waals surface area contributed by atoms with Gasteiger partial charge < -0.3 is 5.11 Å². The van der Waals surface area contributed by atoms with Gasteiger partial charge in [-0.3, -0.25) is 14.5 Å². The van der Waals surface area contributed by atoms with Crippen molar-refractivity contribution in [2.45, 2.75) is 11.4 Å². The first-order valence-electron chi connectivity index (χ1n) is 8.23. The number of H-pyrrole nitrogens is 1. The summed E-state index contributed by atoms with van der Waals surface area (Å²) in [6.07, 6.45) is 2.73. The molecule has 0 atom stereocenters. The van der Waals surface area contributed by atoms with Gasteiger partial charge in [-0.15, -0.1) is 0 Å². The van der Waals surface area contributed by atoms with E-state index >= 15 is 0 Å². The van der Waals surface area contributed by atoms with Crippen LogP contribution in [0.3, 0.4) is 0 Å². The summed E-state index contributed by atoms with van der Waals surface area (Å²) < 4.78 is 29.3. The monoisotopic (exact) mass is 397 g/mol. The van der Waals surface area contributed by atoms with Crippen LogP contribution in [-0.2, 0) is 16.6 Å². The third-order valence-corrected chi connectivity index (χ3v) is 5.46. The average molecular weight is 397 g/mol. The Kier molecular flexibility index (Phi) is 4.32. The van der Waals surface area contributed by atoms with Crippen molar-refractivity contribution in [3.63, 3.8) is 0 Å². The SMILES string of the molecule is O=C(O)c1n[nH]c2cc(NS(=O)(=O)c3cnn(Cc4ccccc4)c3)ccc12. The summed E-state index contributed by atoms with van der Waals surface area (Å²) in [5, 5.41) is 19.9. The van der Waals surface area contributed by atoms with Gasteiger partial charge in [0.05, 0.1) is 23.9 Å². The first-order valence-corrected chi connectivity index (χ1v) is 9.71. The fourth-order valence-electron chi connectivity index (χ4n) is 2.80. The van der Waals surface area contributed by atoms with Crippen LogP contribution in [0.25, 0.3) is 10.9 Å². The Hall–Kier alpha value is -3.66. The van der Waals surface area contributed by atoms with Crippen molar-refractivity contribution in [3.05, 3.63) is 72.2 Å². The number of carboxylic acids is 1. The molecule has 4 aromatic rings. The molecule has 142 valence electrons. The highest BCUT2D eigenvalue weighted by Gasteiger charge is 2.18. The van der Waals surface area contributed by atoms with Gasteiger partial charge >= 0.3 is 5.97 Å². The zero-order chi connectivity index (χ0) is 19.7. The Morgan fingerprint density at radius 1 is 1.18 bits per heavy atom. The van der Waals surface area contributed by atoms with Crippen LogP contribution in [0.15, 0.2) is 65.8 Å². The number of rotatable bonds is 6. The number of aromatic nitrogens is 4. The quantitative estimate of drug-likeness (QED) is 0.458. The molecule has 0 unspecified atom stereocenters. The molecule has 0 amide bonds. The molecule has 0 fully saturated rings. The predicted octanol–water partition coefficient (Wildman–Crippen LogP) is 2.31. The van der Waals surface area contributed by atoms with Gasteiger partial charge in [0.2, 0.25) is 0 Å². The number of nitrogens with one attached hydrogen (secondary N) is 2. The number of aromatic amines is 1. The van der Waals surface area contributed by atoms with E-state index < -0.39 is 16.0 Å². The van der Waals surface area contributed by atoms with Crippen molar-refractivity contribution < 1.29 is 18.3 Å². The lowest BCUT2D eigenvalue weighted by molar-refractivity contribution is 0.0692. The molecule has 0 aliphatic rings. The number of aromatic carboxylic acids is 1. The van der Waals surface area contributed by atoms with Crippen molar-refractivity contribution in [2.24, 2.45) is 0 Å². The van der Waals surface area contributed by atoms with Crippen molar-refractivity contribution in [1.29, 1.82) is 0 Å². The van der Waals surface area contributed by atoms with Crippen molar-refractivity contribution >= 4 is 32.6 Å². The molecule has 2 aromatic carbocycles.